The molecule has 21 heavy (non-hydrogen) atoms. The van der Waals surface area contributed by atoms with Crippen LogP contribution in [0.3, 0.4) is 0 Å². The number of hydrogen-bond donors (Lipinski definition) is 1. The number of carbonyl (C=O) groups excluding carboxylic acids is 1. The van der Waals surface area contributed by atoms with Gasteiger partial charge in [0.1, 0.15) is 6.04 Å². The normalized spacial score (nSPS) is 35.5. The second-order valence-corrected chi connectivity index (χ2v) is 6.69. The number of likely N-dealkylation sites (tertiary alicyclic amines) is 1. The molecule has 0 aliphatic carbocycles. The van der Waals surface area contributed by atoms with Crippen LogP contribution in [0.15, 0.2) is 0 Å². The van der Waals surface area contributed by atoms with Crippen molar-refractivity contribution < 1.29 is 14.6 Å². The zero-order chi connectivity index (χ0) is 14.9. The monoisotopic (exact) mass is 297 g/mol. The summed E-state index contributed by atoms with van der Waals surface area (Å²) < 4.78 is 5.08. The van der Waals surface area contributed by atoms with Crippen LogP contribution < -0.4 is 0 Å². The fourth-order valence-electron chi connectivity index (χ4n) is 3.85. The van der Waals surface area contributed by atoms with E-state index in [4.69, 9.17) is 4.74 Å². The smallest absolute Gasteiger partial charge is 0.241 e. The maximum atomic E-state index is 12.8. The van der Waals surface area contributed by atoms with Crippen LogP contribution in [0.1, 0.15) is 19.3 Å². The lowest BCUT2D eigenvalue weighted by Crippen LogP contribution is -2.59. The molecule has 4 fully saturated rings. The van der Waals surface area contributed by atoms with Crippen molar-refractivity contribution in [3.05, 3.63) is 0 Å². The van der Waals surface area contributed by atoms with Gasteiger partial charge in [0.15, 0.2) is 0 Å². The Labute approximate surface area is 126 Å². The van der Waals surface area contributed by atoms with Gasteiger partial charge in [-0.1, -0.05) is 0 Å². The summed E-state index contributed by atoms with van der Waals surface area (Å²) in [6.07, 6.45) is 2.39. The highest BCUT2D eigenvalue weighted by Crippen LogP contribution is 2.25. The summed E-state index contributed by atoms with van der Waals surface area (Å²) in [6.45, 7) is 6.78. The largest absolute Gasteiger partial charge is 0.387 e. The van der Waals surface area contributed by atoms with Gasteiger partial charge < -0.3 is 14.7 Å². The number of aliphatic hydroxyl groups is 1. The van der Waals surface area contributed by atoms with Crippen LogP contribution in [0.2, 0.25) is 0 Å². The van der Waals surface area contributed by atoms with Gasteiger partial charge in [-0.3, -0.25) is 14.6 Å². The molecule has 4 aliphatic rings. The summed E-state index contributed by atoms with van der Waals surface area (Å²) in [5.41, 5.74) is -0.752. The molecule has 6 heteroatoms. The summed E-state index contributed by atoms with van der Waals surface area (Å²) in [5.74, 6) is 0.251. The molecule has 0 aromatic carbocycles. The second-order valence-electron chi connectivity index (χ2n) is 6.69. The molecule has 4 rings (SSSR count). The maximum absolute atomic E-state index is 12.8. The van der Waals surface area contributed by atoms with Crippen molar-refractivity contribution >= 4 is 5.91 Å². The topological polar surface area (TPSA) is 56.3 Å². The van der Waals surface area contributed by atoms with Crippen LogP contribution in [-0.2, 0) is 9.53 Å². The van der Waals surface area contributed by atoms with Crippen LogP contribution in [0.4, 0.5) is 0 Å². The lowest BCUT2D eigenvalue weighted by Gasteiger charge is -2.42. The summed E-state index contributed by atoms with van der Waals surface area (Å²) in [4.78, 5) is 19.5. The Kier molecular flexibility index (Phi) is 4.49. The fraction of sp³-hybridized carbons (Fsp3) is 0.933. The molecule has 4 heterocycles. The quantitative estimate of drug-likeness (QED) is 0.752. The minimum absolute atomic E-state index is 0.0230. The predicted octanol–water partition coefficient (Wildman–Crippen LogP) is -0.624. The van der Waals surface area contributed by atoms with Crippen molar-refractivity contribution in [1.29, 1.82) is 0 Å². The van der Waals surface area contributed by atoms with Crippen molar-refractivity contribution in [1.82, 2.24) is 14.7 Å². The van der Waals surface area contributed by atoms with Gasteiger partial charge in [0.25, 0.3) is 0 Å². The number of fused-ring (bicyclic) bond motifs is 4. The summed E-state index contributed by atoms with van der Waals surface area (Å²) in [7, 11) is 1.61. The molecule has 0 radical (unpaired) electrons. The van der Waals surface area contributed by atoms with Crippen LogP contribution in [-0.4, -0.2) is 96.9 Å². The number of rotatable bonds is 3. The van der Waals surface area contributed by atoms with E-state index in [2.05, 4.69) is 9.80 Å². The molecule has 0 spiro atoms. The Bertz CT molecular complexity index is 378. The molecule has 0 aromatic heterocycles. The first-order chi connectivity index (χ1) is 10.1. The van der Waals surface area contributed by atoms with Crippen molar-refractivity contribution in [3.63, 3.8) is 0 Å². The van der Waals surface area contributed by atoms with Crippen LogP contribution in [0, 0.1) is 0 Å². The van der Waals surface area contributed by atoms with E-state index in [1.165, 1.54) is 0 Å². The van der Waals surface area contributed by atoms with Gasteiger partial charge in [0.2, 0.25) is 5.91 Å². The van der Waals surface area contributed by atoms with Crippen LogP contribution in [0.5, 0.6) is 0 Å². The zero-order valence-electron chi connectivity index (χ0n) is 13.0. The van der Waals surface area contributed by atoms with E-state index < -0.39 is 5.60 Å². The first kappa shape index (κ1) is 15.2. The number of piperazine rings is 1. The number of piperidine rings is 1. The van der Waals surface area contributed by atoms with E-state index in [1.54, 1.807) is 7.11 Å². The van der Waals surface area contributed by atoms with E-state index in [0.29, 0.717) is 32.5 Å². The molecule has 6 nitrogen and oxygen atoms in total. The highest BCUT2D eigenvalue weighted by molar-refractivity contribution is 5.82. The van der Waals surface area contributed by atoms with Crippen LogP contribution in [0.25, 0.3) is 0 Å². The van der Waals surface area contributed by atoms with Crippen molar-refractivity contribution in [2.24, 2.45) is 0 Å². The molecular formula is C15H27N3O3. The minimum atomic E-state index is -0.752. The van der Waals surface area contributed by atoms with Gasteiger partial charge in [-0.05, 0) is 25.8 Å². The Morgan fingerprint density at radius 1 is 1.19 bits per heavy atom. The predicted molar refractivity (Wildman–Crippen MR) is 79.1 cm³/mol. The highest BCUT2D eigenvalue weighted by atomic mass is 16.5. The Morgan fingerprint density at radius 3 is 2.67 bits per heavy atom. The molecule has 4 aliphatic heterocycles. The second kappa shape index (κ2) is 6.20. The third-order valence-corrected chi connectivity index (χ3v) is 5.20. The summed E-state index contributed by atoms with van der Waals surface area (Å²) in [5, 5.41) is 10.3. The summed E-state index contributed by atoms with van der Waals surface area (Å²) in [6, 6.07) is 0.0230. The maximum Gasteiger partial charge on any atom is 0.241 e. The van der Waals surface area contributed by atoms with E-state index in [-0.39, 0.29) is 11.9 Å². The first-order valence-electron chi connectivity index (χ1n) is 8.08. The molecule has 4 saturated heterocycles. The van der Waals surface area contributed by atoms with Gasteiger partial charge in [-0.2, -0.15) is 0 Å². The highest BCUT2D eigenvalue weighted by Gasteiger charge is 2.40. The molecule has 0 aromatic rings. The molecule has 1 N–H and O–H groups in total. The molecule has 1 amide bonds. The number of amides is 1. The average molecular weight is 297 g/mol. The molecule has 3 atom stereocenters. The Morgan fingerprint density at radius 2 is 1.95 bits per heavy atom. The number of methoxy groups -OCH3 is 1. The molecule has 120 valence electrons. The van der Waals surface area contributed by atoms with Crippen LogP contribution >= 0.6 is 0 Å². The third kappa shape index (κ3) is 3.23. The van der Waals surface area contributed by atoms with Crippen molar-refractivity contribution in [3.8, 4) is 0 Å². The fourth-order valence-corrected chi connectivity index (χ4v) is 3.85. The van der Waals surface area contributed by atoms with E-state index in [0.717, 1.165) is 39.1 Å². The molecular weight excluding hydrogens is 270 g/mol. The Balaban J connectivity index is 1.59. The molecule has 2 bridgehead atoms. The van der Waals surface area contributed by atoms with Gasteiger partial charge >= 0.3 is 0 Å². The summed E-state index contributed by atoms with van der Waals surface area (Å²) >= 11 is 0. The Hall–Kier alpha value is -0.690. The zero-order valence-corrected chi connectivity index (χ0v) is 13.0. The van der Waals surface area contributed by atoms with Gasteiger partial charge in [-0.15, -0.1) is 0 Å². The van der Waals surface area contributed by atoms with Gasteiger partial charge in [-0.25, -0.2) is 0 Å². The van der Waals surface area contributed by atoms with Crippen molar-refractivity contribution in [2.45, 2.75) is 30.9 Å². The third-order valence-electron chi connectivity index (χ3n) is 5.20. The number of nitrogens with zero attached hydrogens (tertiary/aromatic N) is 3. The lowest BCUT2D eigenvalue weighted by atomic mass is 9.92. The lowest BCUT2D eigenvalue weighted by molar-refractivity contribution is -0.144. The standard InChI is InChI=1S/C15H27N3O3/c1-21-12-15(20)3-7-18(8-4-15)14(19)13-11-16-5-2-6-17(13)10-9-16/h13,20H,2-12H2,1H3. The molecule has 3 unspecified atom stereocenters. The number of ether oxygens (including phenoxy) is 1. The molecule has 0 saturated carbocycles. The van der Waals surface area contributed by atoms with Gasteiger partial charge in [0, 0.05) is 46.4 Å². The SMILES string of the molecule is COCC1(O)CCN(C(=O)C2CN3CCCN2CC3)CC1. The average Bonchev–Trinajstić information content (AvgIpc) is 2.82. The number of carbonyl (C=O) groups is 1. The number of hydrogen-bond acceptors (Lipinski definition) is 5. The van der Waals surface area contributed by atoms with E-state index in [9.17, 15) is 9.90 Å². The van der Waals surface area contributed by atoms with E-state index >= 15 is 0 Å². The minimum Gasteiger partial charge on any atom is -0.387 e. The van der Waals surface area contributed by atoms with Crippen molar-refractivity contribution in [2.75, 3.05) is 59.5 Å². The first-order valence-corrected chi connectivity index (χ1v) is 8.08. The van der Waals surface area contributed by atoms with E-state index in [1.807, 2.05) is 4.90 Å². The van der Waals surface area contributed by atoms with Gasteiger partial charge in [0.05, 0.1) is 12.2 Å².